The second-order valence-corrected chi connectivity index (χ2v) is 7.65. The van der Waals surface area contributed by atoms with Crippen molar-refractivity contribution in [3.8, 4) is 0 Å². The van der Waals surface area contributed by atoms with Gasteiger partial charge in [0.2, 0.25) is 0 Å². The van der Waals surface area contributed by atoms with Crippen LogP contribution in [0.2, 0.25) is 0 Å². The Bertz CT molecular complexity index is 381. The van der Waals surface area contributed by atoms with Crippen LogP contribution in [-0.2, 0) is 4.74 Å². The molecule has 2 saturated carbocycles. The number of guanidine groups is 1. The summed E-state index contributed by atoms with van der Waals surface area (Å²) in [5.41, 5.74) is 0.445. The Morgan fingerprint density at radius 1 is 1.24 bits per heavy atom. The Morgan fingerprint density at radius 3 is 2.43 bits per heavy atom. The lowest BCUT2D eigenvalue weighted by atomic mass is 10.1. The molecule has 1 saturated heterocycles. The normalized spacial score (nSPS) is 29.6. The average molecular weight is 293 g/mol. The Labute approximate surface area is 129 Å². The minimum absolute atomic E-state index is 0.445. The van der Waals surface area contributed by atoms with Crippen molar-refractivity contribution in [1.82, 2.24) is 10.2 Å². The van der Waals surface area contributed by atoms with Crippen molar-refractivity contribution in [2.45, 2.75) is 65.0 Å². The molecule has 0 aromatic rings. The first-order valence-electron chi connectivity index (χ1n) is 8.76. The smallest absolute Gasteiger partial charge is 0.194 e. The largest absolute Gasteiger partial charge is 0.378 e. The van der Waals surface area contributed by atoms with Gasteiger partial charge >= 0.3 is 0 Å². The van der Waals surface area contributed by atoms with Gasteiger partial charge in [-0.3, -0.25) is 4.99 Å². The number of hydrogen-bond donors (Lipinski definition) is 1. The van der Waals surface area contributed by atoms with Gasteiger partial charge in [-0.05, 0) is 50.4 Å². The third kappa shape index (κ3) is 4.12. The van der Waals surface area contributed by atoms with E-state index in [1.54, 1.807) is 0 Å². The molecule has 0 amide bonds. The van der Waals surface area contributed by atoms with Crippen LogP contribution in [0.25, 0.3) is 0 Å². The third-order valence-electron chi connectivity index (χ3n) is 5.13. The molecule has 0 bridgehead atoms. The summed E-state index contributed by atoms with van der Waals surface area (Å²) in [6.07, 6.45) is 6.79. The fraction of sp³-hybridized carbons (Fsp3) is 0.941. The summed E-state index contributed by atoms with van der Waals surface area (Å²) >= 11 is 0. The summed E-state index contributed by atoms with van der Waals surface area (Å²) < 4.78 is 6.03. The van der Waals surface area contributed by atoms with Crippen LogP contribution >= 0.6 is 0 Å². The van der Waals surface area contributed by atoms with Gasteiger partial charge in [-0.15, -0.1) is 0 Å². The van der Waals surface area contributed by atoms with Crippen LogP contribution in [0.15, 0.2) is 4.99 Å². The molecule has 3 rings (SSSR count). The number of ether oxygens (including phenoxy) is 1. The van der Waals surface area contributed by atoms with E-state index in [2.05, 4.69) is 31.0 Å². The van der Waals surface area contributed by atoms with E-state index in [-0.39, 0.29) is 0 Å². The molecular weight excluding hydrogens is 262 g/mol. The fourth-order valence-corrected chi connectivity index (χ4v) is 3.05. The van der Waals surface area contributed by atoms with E-state index in [1.165, 1.54) is 19.3 Å². The number of nitrogens with one attached hydrogen (secondary N) is 1. The summed E-state index contributed by atoms with van der Waals surface area (Å²) in [5, 5.41) is 3.66. The fourth-order valence-electron chi connectivity index (χ4n) is 3.05. The highest BCUT2D eigenvalue weighted by Gasteiger charge is 2.46. The Hall–Kier alpha value is -0.770. The summed E-state index contributed by atoms with van der Waals surface area (Å²) in [6, 6.07) is 0.603. The quantitative estimate of drug-likeness (QED) is 0.625. The van der Waals surface area contributed by atoms with Crippen molar-refractivity contribution in [2.75, 3.05) is 26.2 Å². The highest BCUT2D eigenvalue weighted by Crippen LogP contribution is 2.44. The van der Waals surface area contributed by atoms with Crippen LogP contribution in [0.3, 0.4) is 0 Å². The predicted molar refractivity (Wildman–Crippen MR) is 86.6 cm³/mol. The second-order valence-electron chi connectivity index (χ2n) is 7.65. The van der Waals surface area contributed by atoms with Crippen molar-refractivity contribution in [3.05, 3.63) is 0 Å². The molecule has 0 radical (unpaired) electrons. The Balaban J connectivity index is 1.45. The van der Waals surface area contributed by atoms with E-state index in [0.717, 1.165) is 51.0 Å². The number of likely N-dealkylation sites (tertiary alicyclic amines) is 1. The highest BCUT2D eigenvalue weighted by molar-refractivity contribution is 5.81. The van der Waals surface area contributed by atoms with Crippen molar-refractivity contribution in [1.29, 1.82) is 0 Å². The van der Waals surface area contributed by atoms with Crippen molar-refractivity contribution < 1.29 is 4.74 Å². The first-order chi connectivity index (χ1) is 10.1. The molecule has 1 aliphatic heterocycles. The zero-order chi connectivity index (χ0) is 14.9. The molecule has 1 unspecified atom stereocenters. The molecule has 0 aromatic carbocycles. The van der Waals surface area contributed by atoms with E-state index in [0.29, 0.717) is 17.6 Å². The van der Waals surface area contributed by atoms with Gasteiger partial charge in [0.05, 0.1) is 6.10 Å². The van der Waals surface area contributed by atoms with Crippen molar-refractivity contribution >= 4 is 5.96 Å². The monoisotopic (exact) mass is 293 g/mol. The van der Waals surface area contributed by atoms with Crippen LogP contribution in [0.5, 0.6) is 0 Å². The molecule has 4 nitrogen and oxygen atoms in total. The van der Waals surface area contributed by atoms with E-state index in [1.807, 2.05) is 0 Å². The SMILES string of the molecule is CCN=C(NC1CC1(C)C)N1CCC(OCC2CC2)CC1. The second kappa shape index (κ2) is 6.15. The predicted octanol–water partition coefficient (Wildman–Crippen LogP) is 2.64. The number of aliphatic imine (C=N–C) groups is 1. The number of rotatable bonds is 5. The minimum atomic E-state index is 0.445. The minimum Gasteiger partial charge on any atom is -0.378 e. The van der Waals surface area contributed by atoms with Gasteiger partial charge in [0.15, 0.2) is 5.96 Å². The van der Waals surface area contributed by atoms with Gasteiger partial charge in [-0.2, -0.15) is 0 Å². The topological polar surface area (TPSA) is 36.9 Å². The van der Waals surface area contributed by atoms with E-state index >= 15 is 0 Å². The lowest BCUT2D eigenvalue weighted by Gasteiger charge is -2.34. The molecule has 1 heterocycles. The molecule has 1 atom stereocenters. The molecule has 21 heavy (non-hydrogen) atoms. The standard InChI is InChI=1S/C17H31N3O/c1-4-18-16(19-15-11-17(15,2)3)20-9-7-14(8-10-20)21-12-13-5-6-13/h13-15H,4-12H2,1-3H3,(H,18,19). The number of piperidine rings is 1. The Morgan fingerprint density at radius 2 is 1.90 bits per heavy atom. The highest BCUT2D eigenvalue weighted by atomic mass is 16.5. The molecule has 0 aromatic heterocycles. The number of hydrogen-bond acceptors (Lipinski definition) is 2. The molecule has 2 aliphatic carbocycles. The molecular formula is C17H31N3O. The zero-order valence-electron chi connectivity index (χ0n) is 13.9. The van der Waals surface area contributed by atoms with E-state index < -0.39 is 0 Å². The van der Waals surface area contributed by atoms with Crippen LogP contribution in [0.1, 0.15) is 52.9 Å². The third-order valence-corrected chi connectivity index (χ3v) is 5.13. The summed E-state index contributed by atoms with van der Waals surface area (Å²) in [5.74, 6) is 1.99. The molecule has 3 aliphatic rings. The van der Waals surface area contributed by atoms with Crippen molar-refractivity contribution in [2.24, 2.45) is 16.3 Å². The molecule has 0 spiro atoms. The molecule has 120 valence electrons. The van der Waals surface area contributed by atoms with Crippen LogP contribution in [0, 0.1) is 11.3 Å². The molecule has 4 heteroatoms. The van der Waals surface area contributed by atoms with Gasteiger partial charge in [0.1, 0.15) is 0 Å². The maximum Gasteiger partial charge on any atom is 0.194 e. The van der Waals surface area contributed by atoms with E-state index in [4.69, 9.17) is 9.73 Å². The maximum atomic E-state index is 6.03. The first kappa shape index (κ1) is 15.1. The van der Waals surface area contributed by atoms with E-state index in [9.17, 15) is 0 Å². The maximum absolute atomic E-state index is 6.03. The van der Waals surface area contributed by atoms with Crippen molar-refractivity contribution in [3.63, 3.8) is 0 Å². The average Bonchev–Trinajstić information content (AvgIpc) is 3.36. The first-order valence-corrected chi connectivity index (χ1v) is 8.76. The summed E-state index contributed by atoms with van der Waals surface area (Å²) in [4.78, 5) is 7.12. The summed E-state index contributed by atoms with van der Waals surface area (Å²) in [6.45, 7) is 10.8. The van der Waals surface area contributed by atoms with Gasteiger partial charge in [-0.25, -0.2) is 0 Å². The zero-order valence-corrected chi connectivity index (χ0v) is 13.9. The van der Waals surface area contributed by atoms with Gasteiger partial charge in [0, 0.05) is 32.3 Å². The number of nitrogens with zero attached hydrogens (tertiary/aromatic N) is 2. The molecule has 1 N–H and O–H groups in total. The summed E-state index contributed by atoms with van der Waals surface area (Å²) in [7, 11) is 0. The van der Waals surface area contributed by atoms with Crippen LogP contribution < -0.4 is 5.32 Å². The molecule has 3 fully saturated rings. The van der Waals surface area contributed by atoms with Crippen LogP contribution in [0.4, 0.5) is 0 Å². The Kier molecular flexibility index (Phi) is 4.43. The van der Waals surface area contributed by atoms with Crippen LogP contribution in [-0.4, -0.2) is 49.2 Å². The lowest BCUT2D eigenvalue weighted by Crippen LogP contribution is -2.48. The lowest BCUT2D eigenvalue weighted by molar-refractivity contribution is 0.0130. The van der Waals surface area contributed by atoms with Gasteiger partial charge in [0.25, 0.3) is 0 Å². The van der Waals surface area contributed by atoms with Gasteiger partial charge in [-0.1, -0.05) is 13.8 Å². The van der Waals surface area contributed by atoms with Gasteiger partial charge < -0.3 is 15.0 Å².